The number of benzene rings is 6. The minimum absolute atomic E-state index is 0.0414. The van der Waals surface area contributed by atoms with Crippen molar-refractivity contribution in [2.24, 2.45) is 0 Å². The van der Waals surface area contributed by atoms with Gasteiger partial charge in [-0.1, -0.05) is 196 Å². The number of hydrogen-bond acceptors (Lipinski definition) is 2. The highest BCUT2D eigenvalue weighted by molar-refractivity contribution is 6.11. The zero-order valence-corrected chi connectivity index (χ0v) is 45.2. The van der Waals surface area contributed by atoms with E-state index in [1.165, 1.54) is 44.2 Å². The van der Waals surface area contributed by atoms with Crippen LogP contribution in [0.1, 0.15) is 155 Å². The number of fused-ring (bicyclic) bond motifs is 3. The van der Waals surface area contributed by atoms with Crippen molar-refractivity contribution in [1.29, 1.82) is 0 Å². The second kappa shape index (κ2) is 17.5. The third-order valence-electron chi connectivity index (χ3n) is 14.7. The van der Waals surface area contributed by atoms with Crippen LogP contribution in [0.3, 0.4) is 0 Å². The van der Waals surface area contributed by atoms with E-state index in [4.69, 9.17) is 9.72 Å². The van der Waals surface area contributed by atoms with E-state index in [1.807, 2.05) is 6.20 Å². The Morgan fingerprint density at radius 3 is 1.62 bits per heavy atom. The fraction of sp³-hybridized carbons (Fsp3) is 0.333. The highest BCUT2D eigenvalue weighted by atomic mass is 16.5. The average Bonchev–Trinajstić information content (AvgIpc) is 3.92. The minimum Gasteiger partial charge on any atom is -0.458 e. The first-order valence-electron chi connectivity index (χ1n) is 25.4. The van der Waals surface area contributed by atoms with Crippen LogP contribution in [-0.4, -0.2) is 14.1 Å². The molecule has 3 heterocycles. The number of aromatic nitrogens is 4. The molecular weight excluding hydrogens is 865 g/mol. The predicted octanol–water partition coefficient (Wildman–Crippen LogP) is 16.7. The Labute approximate surface area is 424 Å². The lowest BCUT2D eigenvalue weighted by atomic mass is 9.75. The van der Waals surface area contributed by atoms with Crippen molar-refractivity contribution in [1.82, 2.24) is 14.1 Å². The molecule has 0 saturated carbocycles. The lowest BCUT2D eigenvalue weighted by molar-refractivity contribution is -0.611. The Bertz CT molecular complexity index is 3410. The Morgan fingerprint density at radius 2 is 1.03 bits per heavy atom. The van der Waals surface area contributed by atoms with Crippen molar-refractivity contribution >= 4 is 21.8 Å². The predicted molar refractivity (Wildman–Crippen MR) is 297 cm³/mol. The van der Waals surface area contributed by atoms with Crippen molar-refractivity contribution in [3.63, 3.8) is 0 Å². The molecule has 71 heavy (non-hydrogen) atoms. The van der Waals surface area contributed by atoms with Crippen LogP contribution in [-0.2, 0) is 32.5 Å². The molecule has 0 aliphatic rings. The maximum Gasteiger partial charge on any atom is 0.269 e. The van der Waals surface area contributed by atoms with Gasteiger partial charge >= 0.3 is 0 Å². The number of imidazole rings is 1. The summed E-state index contributed by atoms with van der Waals surface area (Å²) < 4.78 is 14.1. The molecule has 0 spiro atoms. The molecule has 5 nitrogen and oxygen atoms in total. The minimum atomic E-state index is -0.360. The van der Waals surface area contributed by atoms with Gasteiger partial charge in [0.25, 0.3) is 6.33 Å². The molecule has 5 heteroatoms. The van der Waals surface area contributed by atoms with E-state index in [2.05, 4.69) is 283 Å². The second-order valence-corrected chi connectivity index (χ2v) is 25.0. The van der Waals surface area contributed by atoms with Gasteiger partial charge in [-0.05, 0) is 115 Å². The van der Waals surface area contributed by atoms with Gasteiger partial charge in [0, 0.05) is 40.1 Å². The molecule has 0 atom stereocenters. The summed E-state index contributed by atoms with van der Waals surface area (Å²) in [5, 5.41) is 2.42. The Hall–Kier alpha value is -6.72. The lowest BCUT2D eigenvalue weighted by Crippen LogP contribution is -2.39. The molecule has 0 saturated heterocycles. The molecule has 0 amide bonds. The molecule has 0 aliphatic carbocycles. The van der Waals surface area contributed by atoms with E-state index in [-0.39, 0.29) is 32.5 Å². The fourth-order valence-corrected chi connectivity index (χ4v) is 10.1. The first kappa shape index (κ1) is 49.3. The second-order valence-electron chi connectivity index (χ2n) is 25.0. The summed E-state index contributed by atoms with van der Waals surface area (Å²) in [5.41, 5.74) is 12.9. The van der Waals surface area contributed by atoms with Crippen LogP contribution in [0.25, 0.3) is 39.0 Å². The summed E-state index contributed by atoms with van der Waals surface area (Å²) in [6.45, 7) is 36.7. The van der Waals surface area contributed by atoms with Crippen molar-refractivity contribution in [2.45, 2.75) is 143 Å². The number of hydrogen-bond donors (Lipinski definition) is 0. The maximum absolute atomic E-state index is 7.29. The third-order valence-corrected chi connectivity index (χ3v) is 14.7. The highest BCUT2D eigenvalue weighted by Gasteiger charge is 2.31. The van der Waals surface area contributed by atoms with Gasteiger partial charge in [0.2, 0.25) is 0 Å². The smallest absolute Gasteiger partial charge is 0.269 e. The number of ether oxygens (including phenoxy) is 1. The zero-order chi connectivity index (χ0) is 51.1. The Balaban J connectivity index is 1.26. The van der Waals surface area contributed by atoms with Gasteiger partial charge < -0.3 is 4.74 Å². The van der Waals surface area contributed by atoms with Gasteiger partial charge in [0.15, 0.2) is 0 Å². The van der Waals surface area contributed by atoms with E-state index >= 15 is 0 Å². The van der Waals surface area contributed by atoms with E-state index in [9.17, 15) is 0 Å². The molecule has 0 bridgehead atoms. The lowest BCUT2D eigenvalue weighted by Gasteiger charge is -2.30. The quantitative estimate of drug-likeness (QED) is 0.107. The van der Waals surface area contributed by atoms with Crippen molar-refractivity contribution in [3.05, 3.63) is 209 Å². The normalized spacial score (nSPS) is 13.1. The monoisotopic (exact) mass is 939 g/mol. The van der Waals surface area contributed by atoms with Crippen LogP contribution >= 0.6 is 0 Å². The summed E-state index contributed by atoms with van der Waals surface area (Å²) in [4.78, 5) is 5.02. The largest absolute Gasteiger partial charge is 0.458 e. The molecule has 0 radical (unpaired) electrons. The summed E-state index contributed by atoms with van der Waals surface area (Å²) in [5.74, 6) is 2.42. The highest BCUT2D eigenvalue weighted by Crippen LogP contribution is 2.44. The number of pyridine rings is 1. The molecular formula is C66H74N4O. The van der Waals surface area contributed by atoms with Crippen LogP contribution in [0.4, 0.5) is 0 Å². The number of nitrogens with zero attached hydrogens (tertiary/aromatic N) is 4. The molecule has 3 aromatic heterocycles. The molecule has 9 aromatic rings. The van der Waals surface area contributed by atoms with Crippen LogP contribution < -0.4 is 9.30 Å². The van der Waals surface area contributed by atoms with Gasteiger partial charge in [-0.15, -0.1) is 0 Å². The summed E-state index contributed by atoms with van der Waals surface area (Å²) in [6.07, 6.45) is 8.12. The first-order chi connectivity index (χ1) is 33.2. The topological polar surface area (TPSA) is 35.9 Å². The van der Waals surface area contributed by atoms with Crippen LogP contribution in [0.2, 0.25) is 0 Å². The van der Waals surface area contributed by atoms with E-state index < -0.39 is 0 Å². The van der Waals surface area contributed by atoms with E-state index in [0.717, 1.165) is 51.0 Å². The van der Waals surface area contributed by atoms with Gasteiger partial charge in [0.05, 0.1) is 28.1 Å². The number of para-hydroxylation sites is 1. The van der Waals surface area contributed by atoms with E-state index in [1.54, 1.807) is 0 Å². The molecule has 0 N–H and O–H groups in total. The first-order valence-corrected chi connectivity index (χ1v) is 25.4. The third kappa shape index (κ3) is 9.49. The molecule has 0 unspecified atom stereocenters. The molecule has 9 rings (SSSR count). The zero-order valence-electron chi connectivity index (χ0n) is 45.2. The van der Waals surface area contributed by atoms with Gasteiger partial charge in [0.1, 0.15) is 17.3 Å². The molecule has 0 aliphatic heterocycles. The van der Waals surface area contributed by atoms with Crippen LogP contribution in [0.15, 0.2) is 158 Å². The standard InChI is InChI=1S/C66H74N4O/c1-61(2,3)46-31-32-67-59(38-46)70-56-30-24-23-29-54(56)60-55(63(7,8)9)40-53(41-57(60)70)71-52-37-49(66(15,16)45-27-21-18-22-28-45)35-50(39-52)68-42-58(64(10,11)12)69(43-68)51-34-47(62(4,5)6)33-48(36-51)65(13,14)44-25-19-17-20-26-44/h17-42H,1-16H3. The molecule has 0 fully saturated rings. The van der Waals surface area contributed by atoms with Crippen molar-refractivity contribution in [3.8, 4) is 28.7 Å². The van der Waals surface area contributed by atoms with Gasteiger partial charge in [-0.2, -0.15) is 0 Å². The Morgan fingerprint density at radius 1 is 0.465 bits per heavy atom. The maximum atomic E-state index is 7.29. The van der Waals surface area contributed by atoms with Crippen molar-refractivity contribution < 1.29 is 9.30 Å². The van der Waals surface area contributed by atoms with Crippen LogP contribution in [0.5, 0.6) is 11.5 Å². The fourth-order valence-electron chi connectivity index (χ4n) is 10.1. The molecule has 364 valence electrons. The number of rotatable bonds is 9. The Kier molecular flexibility index (Phi) is 12.2. The summed E-state index contributed by atoms with van der Waals surface area (Å²) in [7, 11) is 0. The van der Waals surface area contributed by atoms with Gasteiger partial charge in [-0.3, -0.25) is 13.7 Å². The summed E-state index contributed by atoms with van der Waals surface area (Å²) >= 11 is 0. The molecule has 6 aromatic carbocycles. The van der Waals surface area contributed by atoms with E-state index in [0.29, 0.717) is 0 Å². The average molecular weight is 939 g/mol. The van der Waals surface area contributed by atoms with Crippen LogP contribution in [0, 0.1) is 6.33 Å². The van der Waals surface area contributed by atoms with Gasteiger partial charge in [-0.25, -0.2) is 4.98 Å². The SMILES string of the molecule is CC(C)(C)c1cc(-[n+]2[c-]n(-c3cc(Oc4cc(C(C)(C)C)c5c6ccccc6n(-c6cc(C(C)(C)C)ccn6)c5c4)cc(C(C)(C)c4ccccc4)c3)cc2C(C)(C)C)cc(C(C)(C)c2ccccc2)c1. The summed E-state index contributed by atoms with van der Waals surface area (Å²) in [6, 6.07) is 53.1. The van der Waals surface area contributed by atoms with Crippen molar-refractivity contribution in [2.75, 3.05) is 0 Å².